The van der Waals surface area contributed by atoms with Crippen molar-refractivity contribution in [2.24, 2.45) is 0 Å². The van der Waals surface area contributed by atoms with Crippen molar-refractivity contribution in [3.8, 4) is 10.4 Å². The van der Waals surface area contributed by atoms with E-state index in [9.17, 15) is 8.42 Å². The molecule has 0 aliphatic carbocycles. The molecule has 2 rings (SSSR count). The second kappa shape index (κ2) is 11.8. The molecule has 0 aliphatic rings. The molecule has 1 heterocycles. The van der Waals surface area contributed by atoms with E-state index < -0.39 is 9.46 Å². The van der Waals surface area contributed by atoms with Crippen LogP contribution in [0.15, 0.2) is 30.3 Å². The molecule has 0 saturated carbocycles. The van der Waals surface area contributed by atoms with E-state index in [0.717, 1.165) is 18.4 Å². The van der Waals surface area contributed by atoms with Gasteiger partial charge >= 0.3 is 0 Å². The van der Waals surface area contributed by atoms with Crippen LogP contribution in [0, 0.1) is 45.5 Å². The van der Waals surface area contributed by atoms with Crippen LogP contribution in [-0.2, 0) is 15.9 Å². The second-order valence-corrected chi connectivity index (χ2v) is 9.78. The van der Waals surface area contributed by atoms with Gasteiger partial charge in [0, 0.05) is 37.4 Å². The Morgan fingerprint density at radius 1 is 1.23 bits per heavy atom. The molecule has 1 aromatic heterocycles. The first-order chi connectivity index (χ1) is 9.31. The van der Waals surface area contributed by atoms with Crippen LogP contribution in [0.4, 0.5) is 0 Å². The summed E-state index contributed by atoms with van der Waals surface area (Å²) in [5.41, 5.74) is 2.45. The summed E-state index contributed by atoms with van der Waals surface area (Å²) in [4.78, 5) is 5.91. The molecule has 0 radical (unpaired) electrons. The van der Waals surface area contributed by atoms with E-state index in [2.05, 4.69) is 43.1 Å². The zero-order valence-electron chi connectivity index (χ0n) is 13.5. The number of aryl methyl sites for hydroxylation is 2. The quantitative estimate of drug-likeness (QED) is 0.400. The topological polar surface area (TPSA) is 47.0 Å². The van der Waals surface area contributed by atoms with Gasteiger partial charge in [-0.3, -0.25) is 0 Å². The number of benzene rings is 1. The fraction of sp³-hybridized carbons (Fsp3) is 0.333. The summed E-state index contributed by atoms with van der Waals surface area (Å²) in [6.07, 6.45) is 3.39. The van der Waals surface area contributed by atoms with Crippen LogP contribution in [0.2, 0.25) is 0 Å². The molecule has 2 aromatic rings. The molecule has 0 saturated heterocycles. The fourth-order valence-corrected chi connectivity index (χ4v) is 2.80. The number of nitrogens with zero attached hydrogens (tertiary/aromatic N) is 1. The minimum atomic E-state index is -2.75. The third-order valence-corrected chi connectivity index (χ3v) is 3.61. The first-order valence-electron chi connectivity index (χ1n) is 6.30. The fourth-order valence-electron chi connectivity index (χ4n) is 1.63. The molecule has 0 fully saturated rings. The molecule has 1 aromatic carbocycles. The largest absolute Gasteiger partial charge is 0.358 e. The number of hydrogen-bond donors (Lipinski definition) is 0. The van der Waals surface area contributed by atoms with Crippen molar-refractivity contribution in [2.75, 3.05) is 6.26 Å². The van der Waals surface area contributed by atoms with Crippen LogP contribution in [0.5, 0.6) is 0 Å². The summed E-state index contributed by atoms with van der Waals surface area (Å²) in [7, 11) is -1.06. The first-order valence-corrected chi connectivity index (χ1v) is 10.5. The molecule has 0 amide bonds. The molecule has 3 nitrogen and oxygen atoms in total. The monoisotopic (exact) mass is 582 g/mol. The van der Waals surface area contributed by atoms with Gasteiger partial charge in [0.1, 0.15) is 0 Å². The molecular formula is C15H23NO2PS2U-. The second-order valence-electron chi connectivity index (χ2n) is 4.47. The third kappa shape index (κ3) is 10.1. The molecule has 0 aliphatic heterocycles. The maximum atomic E-state index is 9.59. The van der Waals surface area contributed by atoms with Crippen LogP contribution in [0.25, 0.3) is 10.4 Å². The Bertz CT molecular complexity index is 635. The van der Waals surface area contributed by atoms with Crippen LogP contribution in [-0.4, -0.2) is 19.7 Å². The summed E-state index contributed by atoms with van der Waals surface area (Å²) < 4.78 is 19.2. The smallest absolute Gasteiger partial charge is 0.158 e. The standard InChI is InChI=1S/C13H15NS.CH5O2PS.CH3.U/c1-3-7-12-14-10(2)13(15-12)11-8-5-4-6-9-11;1-5(2,3)4;;/h4-6,8-9H,3,7H2,1-2H3;4H2,1H3;1H3;/q;;-1;. The molecule has 0 N–H and O–H groups in total. The van der Waals surface area contributed by atoms with Gasteiger partial charge in [-0.15, -0.1) is 11.3 Å². The predicted octanol–water partition coefficient (Wildman–Crippen LogP) is 4.34. The molecule has 1 atom stereocenters. The molecule has 122 valence electrons. The van der Waals surface area contributed by atoms with Gasteiger partial charge in [-0.2, -0.15) is 0 Å². The molecule has 1 unspecified atom stereocenters. The molecular weight excluding hydrogens is 559 g/mol. The van der Waals surface area contributed by atoms with Crippen molar-refractivity contribution in [3.05, 3.63) is 48.5 Å². The van der Waals surface area contributed by atoms with Gasteiger partial charge < -0.3 is 7.43 Å². The normalized spacial score (nSPS) is 9.82. The van der Waals surface area contributed by atoms with Crippen molar-refractivity contribution in [1.82, 2.24) is 4.98 Å². The summed E-state index contributed by atoms with van der Waals surface area (Å²) in [5, 5.41) is 1.26. The summed E-state index contributed by atoms with van der Waals surface area (Å²) in [6.45, 7) is 4.29. The molecule has 0 bridgehead atoms. The van der Waals surface area contributed by atoms with E-state index in [1.807, 2.05) is 17.4 Å². The zero-order chi connectivity index (χ0) is 15.2. The Balaban J connectivity index is 0. The maximum absolute atomic E-state index is 9.59. The Kier molecular flexibility index (Phi) is 13.1. The zero-order valence-corrected chi connectivity index (χ0v) is 20.4. The maximum Gasteiger partial charge on any atom is 0.158 e. The molecule has 22 heavy (non-hydrogen) atoms. The van der Waals surface area contributed by atoms with Crippen LogP contribution in [0.3, 0.4) is 0 Å². The Hall–Kier alpha value is 0.282. The number of hydrogen-bond acceptors (Lipinski definition) is 4. The van der Waals surface area contributed by atoms with E-state index in [-0.39, 0.29) is 38.5 Å². The minimum Gasteiger partial charge on any atom is -0.358 e. The summed E-state index contributed by atoms with van der Waals surface area (Å²) in [6, 6.07) is 10.5. The number of rotatable bonds is 3. The average Bonchev–Trinajstić information content (AvgIpc) is 2.70. The van der Waals surface area contributed by atoms with E-state index in [1.165, 1.54) is 21.9 Å². The van der Waals surface area contributed by atoms with Gasteiger partial charge in [-0.25, -0.2) is 13.4 Å². The van der Waals surface area contributed by atoms with Crippen molar-refractivity contribution < 1.29 is 39.5 Å². The van der Waals surface area contributed by atoms with E-state index in [0.29, 0.717) is 0 Å². The first kappa shape index (κ1) is 24.5. The van der Waals surface area contributed by atoms with Gasteiger partial charge in [-0.1, -0.05) is 37.3 Å². The van der Waals surface area contributed by atoms with Crippen molar-refractivity contribution >= 4 is 29.2 Å². The van der Waals surface area contributed by atoms with Crippen molar-refractivity contribution in [3.63, 3.8) is 0 Å². The van der Waals surface area contributed by atoms with Crippen LogP contribution >= 0.6 is 19.8 Å². The predicted molar refractivity (Wildman–Crippen MR) is 97.2 cm³/mol. The van der Waals surface area contributed by atoms with Crippen molar-refractivity contribution in [1.29, 1.82) is 0 Å². The van der Waals surface area contributed by atoms with E-state index in [4.69, 9.17) is 0 Å². The SMILES string of the molecule is CCCc1nc(C)c(-c2ccccc2)s1.CS(=O)(=O)P.[CH3-].[U]. The van der Waals surface area contributed by atoms with E-state index in [1.54, 1.807) is 8.44 Å². The number of thiazole rings is 1. The molecule has 7 heteroatoms. The Morgan fingerprint density at radius 3 is 2.18 bits per heavy atom. The van der Waals surface area contributed by atoms with Gasteiger partial charge in [0.2, 0.25) is 0 Å². The Morgan fingerprint density at radius 2 is 1.73 bits per heavy atom. The Labute approximate surface area is 164 Å². The van der Waals surface area contributed by atoms with Gasteiger partial charge in [0.05, 0.1) is 15.6 Å². The summed E-state index contributed by atoms with van der Waals surface area (Å²) in [5.74, 6) is 0. The van der Waals surface area contributed by atoms with E-state index >= 15 is 0 Å². The van der Waals surface area contributed by atoms with Gasteiger partial charge in [0.25, 0.3) is 0 Å². The van der Waals surface area contributed by atoms with Crippen LogP contribution < -0.4 is 0 Å². The van der Waals surface area contributed by atoms with Crippen LogP contribution in [0.1, 0.15) is 24.0 Å². The number of aromatic nitrogens is 1. The summed E-state index contributed by atoms with van der Waals surface area (Å²) >= 11 is 1.83. The van der Waals surface area contributed by atoms with Gasteiger partial charge in [-0.05, 0) is 33.8 Å². The molecule has 0 spiro atoms. The average molecular weight is 582 g/mol. The minimum absolute atomic E-state index is 0. The van der Waals surface area contributed by atoms with Crippen molar-refractivity contribution in [2.45, 2.75) is 26.7 Å². The third-order valence-electron chi connectivity index (χ3n) is 2.34. The van der Waals surface area contributed by atoms with Gasteiger partial charge in [0.15, 0.2) is 9.46 Å².